The van der Waals surface area contributed by atoms with Gasteiger partial charge in [-0.3, -0.25) is 9.52 Å². The Morgan fingerprint density at radius 1 is 0.862 bits per heavy atom. The van der Waals surface area contributed by atoms with Crippen LogP contribution in [0, 0.1) is 13.8 Å². The number of halogens is 2. The number of anilines is 2. The van der Waals surface area contributed by atoms with Crippen molar-refractivity contribution in [2.24, 2.45) is 0 Å². The van der Waals surface area contributed by atoms with Gasteiger partial charge in [0.25, 0.3) is 15.9 Å². The number of rotatable bonds is 5. The third kappa shape index (κ3) is 5.09. The predicted octanol–water partition coefficient (Wildman–Crippen LogP) is 5.66. The summed E-state index contributed by atoms with van der Waals surface area (Å²) in [5.74, 6) is -0.478. The molecular formula is C21H18Cl2N2O3S. The molecule has 0 radical (unpaired) electrons. The molecule has 0 unspecified atom stereocenters. The quantitative estimate of drug-likeness (QED) is 0.528. The van der Waals surface area contributed by atoms with Crippen molar-refractivity contribution in [3.05, 3.63) is 87.4 Å². The third-order valence-electron chi connectivity index (χ3n) is 4.18. The highest BCUT2D eigenvalue weighted by molar-refractivity contribution is 7.92. The van der Waals surface area contributed by atoms with Gasteiger partial charge in [-0.05, 0) is 67.4 Å². The summed E-state index contributed by atoms with van der Waals surface area (Å²) in [6.07, 6.45) is 0. The number of carbonyl (C=O) groups is 1. The summed E-state index contributed by atoms with van der Waals surface area (Å²) < 4.78 is 28.1. The van der Waals surface area contributed by atoms with E-state index in [0.717, 1.165) is 11.1 Å². The Kier molecular flexibility index (Phi) is 6.17. The highest BCUT2D eigenvalue weighted by atomic mass is 35.5. The highest BCUT2D eigenvalue weighted by Gasteiger charge is 2.20. The normalized spacial score (nSPS) is 11.2. The van der Waals surface area contributed by atoms with E-state index in [0.29, 0.717) is 16.4 Å². The number of carbonyl (C=O) groups excluding carboxylic acids is 1. The van der Waals surface area contributed by atoms with Gasteiger partial charge in [-0.25, -0.2) is 8.42 Å². The number of sulfonamides is 1. The first-order valence-electron chi connectivity index (χ1n) is 8.62. The molecule has 0 aliphatic rings. The minimum absolute atomic E-state index is 0.0140. The van der Waals surface area contributed by atoms with Crippen LogP contribution in [-0.2, 0) is 10.0 Å². The first kappa shape index (κ1) is 21.2. The first-order valence-corrected chi connectivity index (χ1v) is 10.9. The highest BCUT2D eigenvalue weighted by Crippen LogP contribution is 2.26. The molecule has 0 saturated heterocycles. The third-order valence-corrected chi connectivity index (χ3v) is 6.45. The molecule has 5 nitrogen and oxygen atoms in total. The molecule has 0 aliphatic carbocycles. The molecule has 0 heterocycles. The monoisotopic (exact) mass is 448 g/mol. The average Bonchev–Trinajstić information content (AvgIpc) is 2.64. The van der Waals surface area contributed by atoms with Crippen molar-refractivity contribution in [2.45, 2.75) is 18.7 Å². The predicted molar refractivity (Wildman–Crippen MR) is 118 cm³/mol. The second-order valence-electron chi connectivity index (χ2n) is 6.54. The Hall–Kier alpha value is -2.54. The molecule has 0 saturated carbocycles. The van der Waals surface area contributed by atoms with E-state index in [4.69, 9.17) is 23.2 Å². The standard InChI is InChI=1S/C21H18Cl2N2O3S/c1-13-4-3-5-17(10-13)25-29(27,28)20-11-15(7-9-18(20)22)21(26)24-16-8-6-14(2)19(23)12-16/h3-12,25H,1-2H3,(H,24,26). The molecule has 150 valence electrons. The molecule has 0 aromatic heterocycles. The Morgan fingerprint density at radius 2 is 1.62 bits per heavy atom. The maximum atomic E-state index is 12.8. The van der Waals surface area contributed by atoms with Crippen LogP contribution in [0.2, 0.25) is 10.0 Å². The van der Waals surface area contributed by atoms with Gasteiger partial charge in [0.05, 0.1) is 5.02 Å². The lowest BCUT2D eigenvalue weighted by atomic mass is 10.2. The molecular weight excluding hydrogens is 431 g/mol. The maximum Gasteiger partial charge on any atom is 0.263 e. The van der Waals surface area contributed by atoms with E-state index >= 15 is 0 Å². The van der Waals surface area contributed by atoms with E-state index in [1.165, 1.54) is 18.2 Å². The van der Waals surface area contributed by atoms with Gasteiger partial charge in [0.2, 0.25) is 0 Å². The Balaban J connectivity index is 1.88. The lowest BCUT2D eigenvalue weighted by molar-refractivity contribution is 0.102. The smallest absolute Gasteiger partial charge is 0.263 e. The summed E-state index contributed by atoms with van der Waals surface area (Å²) in [7, 11) is -3.99. The van der Waals surface area contributed by atoms with Gasteiger partial charge in [0.15, 0.2) is 0 Å². The average molecular weight is 449 g/mol. The molecule has 0 atom stereocenters. The van der Waals surface area contributed by atoms with Crippen LogP contribution in [0.4, 0.5) is 11.4 Å². The van der Waals surface area contributed by atoms with Gasteiger partial charge in [0.1, 0.15) is 4.90 Å². The fourth-order valence-electron chi connectivity index (χ4n) is 2.64. The van der Waals surface area contributed by atoms with Gasteiger partial charge in [-0.1, -0.05) is 41.4 Å². The molecule has 3 aromatic carbocycles. The lowest BCUT2D eigenvalue weighted by Crippen LogP contribution is -2.16. The van der Waals surface area contributed by atoms with E-state index in [2.05, 4.69) is 10.0 Å². The van der Waals surface area contributed by atoms with Crippen LogP contribution in [0.1, 0.15) is 21.5 Å². The molecule has 8 heteroatoms. The summed E-state index contributed by atoms with van der Waals surface area (Å²) >= 11 is 12.2. The molecule has 1 amide bonds. The minimum atomic E-state index is -3.99. The van der Waals surface area contributed by atoms with Crippen LogP contribution in [0.3, 0.4) is 0 Å². The maximum absolute atomic E-state index is 12.8. The van der Waals surface area contributed by atoms with E-state index in [1.807, 2.05) is 19.9 Å². The topological polar surface area (TPSA) is 75.3 Å². The van der Waals surface area contributed by atoms with Gasteiger partial charge in [0, 0.05) is 22.0 Å². The van der Waals surface area contributed by atoms with Crippen LogP contribution in [0.25, 0.3) is 0 Å². The molecule has 0 spiro atoms. The zero-order chi connectivity index (χ0) is 21.2. The number of benzene rings is 3. The van der Waals surface area contributed by atoms with Crippen molar-refractivity contribution >= 4 is 50.5 Å². The zero-order valence-electron chi connectivity index (χ0n) is 15.7. The van der Waals surface area contributed by atoms with Crippen molar-refractivity contribution < 1.29 is 13.2 Å². The van der Waals surface area contributed by atoms with Gasteiger partial charge >= 0.3 is 0 Å². The minimum Gasteiger partial charge on any atom is -0.322 e. The molecule has 2 N–H and O–H groups in total. The molecule has 29 heavy (non-hydrogen) atoms. The number of hydrogen-bond donors (Lipinski definition) is 2. The van der Waals surface area contributed by atoms with Crippen molar-refractivity contribution in [1.82, 2.24) is 0 Å². The van der Waals surface area contributed by atoms with E-state index in [-0.39, 0.29) is 15.5 Å². The van der Waals surface area contributed by atoms with Crippen LogP contribution >= 0.6 is 23.2 Å². The van der Waals surface area contributed by atoms with Crippen molar-refractivity contribution in [3.8, 4) is 0 Å². The molecule has 3 rings (SSSR count). The van der Waals surface area contributed by atoms with E-state index < -0.39 is 15.9 Å². The van der Waals surface area contributed by atoms with Gasteiger partial charge in [-0.2, -0.15) is 0 Å². The molecule has 3 aromatic rings. The molecule has 0 fully saturated rings. The fourth-order valence-corrected chi connectivity index (χ4v) is 4.40. The van der Waals surface area contributed by atoms with Crippen molar-refractivity contribution in [2.75, 3.05) is 10.0 Å². The number of nitrogens with one attached hydrogen (secondary N) is 2. The summed E-state index contributed by atoms with van der Waals surface area (Å²) in [5, 5.41) is 3.23. The summed E-state index contributed by atoms with van der Waals surface area (Å²) in [4.78, 5) is 12.4. The van der Waals surface area contributed by atoms with Crippen LogP contribution in [0.15, 0.2) is 65.6 Å². The SMILES string of the molecule is Cc1cccc(NS(=O)(=O)c2cc(C(=O)Nc3ccc(C)c(Cl)c3)ccc2Cl)c1. The number of hydrogen-bond acceptors (Lipinski definition) is 3. The van der Waals surface area contributed by atoms with Gasteiger partial charge < -0.3 is 5.32 Å². The first-order chi connectivity index (χ1) is 13.7. The van der Waals surface area contributed by atoms with E-state index in [9.17, 15) is 13.2 Å². The molecule has 0 bridgehead atoms. The van der Waals surface area contributed by atoms with Crippen LogP contribution in [-0.4, -0.2) is 14.3 Å². The second kappa shape index (κ2) is 8.45. The second-order valence-corrected chi connectivity index (χ2v) is 9.00. The number of aryl methyl sites for hydroxylation is 2. The van der Waals surface area contributed by atoms with Crippen molar-refractivity contribution in [1.29, 1.82) is 0 Å². The summed E-state index contributed by atoms with van der Waals surface area (Å²) in [6, 6.07) is 16.1. The Bertz CT molecular complexity index is 1190. The zero-order valence-corrected chi connectivity index (χ0v) is 18.0. The van der Waals surface area contributed by atoms with E-state index in [1.54, 1.807) is 36.4 Å². The largest absolute Gasteiger partial charge is 0.322 e. The van der Waals surface area contributed by atoms with Crippen LogP contribution < -0.4 is 10.0 Å². The molecule has 0 aliphatic heterocycles. The fraction of sp³-hybridized carbons (Fsp3) is 0.0952. The van der Waals surface area contributed by atoms with Crippen molar-refractivity contribution in [3.63, 3.8) is 0 Å². The van der Waals surface area contributed by atoms with Gasteiger partial charge in [-0.15, -0.1) is 0 Å². The summed E-state index contributed by atoms with van der Waals surface area (Å²) in [5.41, 5.74) is 2.84. The Labute approximate surface area is 179 Å². The number of amides is 1. The lowest BCUT2D eigenvalue weighted by Gasteiger charge is -2.12. The Morgan fingerprint density at radius 3 is 2.31 bits per heavy atom. The van der Waals surface area contributed by atoms with Crippen LogP contribution in [0.5, 0.6) is 0 Å². The summed E-state index contributed by atoms with van der Waals surface area (Å²) in [6.45, 7) is 3.71.